The summed E-state index contributed by atoms with van der Waals surface area (Å²) in [5.74, 6) is 0. The molecule has 0 bridgehead atoms. The van der Waals surface area contributed by atoms with Crippen molar-refractivity contribution in [2.24, 2.45) is 0 Å². The van der Waals surface area contributed by atoms with Crippen LogP contribution in [0.4, 0.5) is 0 Å². The normalized spacial score (nSPS) is 39.3. The molecule has 6 atom stereocenters. The molecule has 53 heavy (non-hydrogen) atoms. The summed E-state index contributed by atoms with van der Waals surface area (Å²) in [7, 11) is -25.8. The maximum Gasteiger partial charge on any atom is 0.336 e. The molecule has 0 radical (unpaired) electrons. The van der Waals surface area contributed by atoms with E-state index < -0.39 is 126 Å². The fourth-order valence-corrected chi connectivity index (χ4v) is 51.0. The number of rotatable bonds is 11. The minimum Gasteiger partial charge on any atom is -0.420 e. The smallest absolute Gasteiger partial charge is 0.336 e. The summed E-state index contributed by atoms with van der Waals surface area (Å²) >= 11 is 0. The van der Waals surface area contributed by atoms with Crippen LogP contribution in [0.2, 0.25) is 96.7 Å². The van der Waals surface area contributed by atoms with Crippen LogP contribution in [-0.2, 0) is 69.0 Å². The Morgan fingerprint density at radius 1 is 0.377 bits per heavy atom. The zero-order valence-corrected chi connectivity index (χ0v) is 46.7. The second-order valence-electron chi connectivity index (χ2n) is 14.3. The molecule has 4 heterocycles. The molecule has 0 aromatic carbocycles. The van der Waals surface area contributed by atoms with E-state index in [-0.39, 0.29) is 19.6 Å². The predicted molar refractivity (Wildman–Crippen MR) is 228 cm³/mol. The van der Waals surface area contributed by atoms with E-state index in [9.17, 15) is 14.4 Å². The number of aromatic nitrogens is 3. The molecule has 3 aliphatic heterocycles. The minimum atomic E-state index is -2.90. The zero-order valence-electron chi connectivity index (χ0n) is 33.3. The highest BCUT2D eigenvalue weighted by Crippen LogP contribution is 2.24. The molecule has 1 aromatic heterocycles. The van der Waals surface area contributed by atoms with E-state index in [0.717, 1.165) is 4.57 Å². The number of hydrogen-bond donors (Lipinski definition) is 0. The molecule has 3 fully saturated rings. The Morgan fingerprint density at radius 2 is 0.604 bits per heavy atom. The summed E-state index contributed by atoms with van der Waals surface area (Å²) in [4.78, 5) is 42.2. The largest absolute Gasteiger partial charge is 0.420 e. The van der Waals surface area contributed by atoms with E-state index in [0.29, 0.717) is 31.0 Å². The van der Waals surface area contributed by atoms with Crippen LogP contribution in [0.15, 0.2) is 14.4 Å². The van der Waals surface area contributed by atoms with Crippen molar-refractivity contribution >= 4 is 109 Å². The van der Waals surface area contributed by atoms with Gasteiger partial charge in [-0.1, -0.05) is 0 Å². The van der Waals surface area contributed by atoms with Gasteiger partial charge in [-0.2, -0.15) is 0 Å². The Morgan fingerprint density at radius 3 is 0.868 bits per heavy atom. The lowest BCUT2D eigenvalue weighted by molar-refractivity contribution is 0.269. The highest BCUT2D eigenvalue weighted by Gasteiger charge is 2.42. The second-order valence-corrected chi connectivity index (χ2v) is 45.0. The molecule has 306 valence electrons. The predicted octanol–water partition coefficient (Wildman–Crippen LogP) is -0.939. The van der Waals surface area contributed by atoms with Gasteiger partial charge in [0.2, 0.25) is 0 Å². The minimum absolute atomic E-state index is 0.0270. The first-order chi connectivity index (χ1) is 24.7. The lowest BCUT2D eigenvalue weighted by Crippen LogP contribution is -2.57. The van der Waals surface area contributed by atoms with Crippen LogP contribution >= 0.6 is 0 Å². The van der Waals surface area contributed by atoms with E-state index in [2.05, 4.69) is 0 Å². The topological polar surface area (TPSA) is 177 Å². The molecular weight excluding hydrogens is 895 g/mol. The van der Waals surface area contributed by atoms with Gasteiger partial charge in [-0.3, -0.25) is 0 Å². The van der Waals surface area contributed by atoms with E-state index >= 15 is 0 Å². The average Bonchev–Trinajstić information content (AvgIpc) is 2.97. The molecule has 3 saturated heterocycles. The van der Waals surface area contributed by atoms with E-state index in [1.54, 1.807) is 0 Å². The summed E-state index contributed by atoms with van der Waals surface area (Å²) in [6.07, 6.45) is 0.874. The first-order valence-electron chi connectivity index (χ1n) is 18.6. The highest BCUT2D eigenvalue weighted by atomic mass is 28.5. The van der Waals surface area contributed by atoms with Crippen molar-refractivity contribution in [3.63, 3.8) is 0 Å². The van der Waals surface area contributed by atoms with Crippen LogP contribution in [-0.4, -0.2) is 123 Å². The van der Waals surface area contributed by atoms with Gasteiger partial charge in [-0.25, -0.2) is 28.1 Å². The quantitative estimate of drug-likeness (QED) is 0.249. The van der Waals surface area contributed by atoms with Crippen molar-refractivity contribution in [3.8, 4) is 0 Å². The highest BCUT2D eigenvalue weighted by molar-refractivity contribution is 6.82. The van der Waals surface area contributed by atoms with Crippen LogP contribution in [0.5, 0.6) is 0 Å². The first-order valence-corrected chi connectivity index (χ1v) is 45.1. The Bertz CT molecular complexity index is 1420. The van der Waals surface area contributed by atoms with Gasteiger partial charge in [0, 0.05) is 25.7 Å². The molecule has 0 N–H and O–H groups in total. The molecular formula is C23H61N3O15Si12. The summed E-state index contributed by atoms with van der Waals surface area (Å²) in [5.41, 5.74) is -1.97. The average molecular weight is 957 g/mol. The molecule has 3 aliphatic rings. The standard InChI is InChI=1S/C23H61N3O15Si12/c1-42-30-45(4)36-51(10,37-46(5)31-42)18-13-15-24-21(27)25(16-14-19-52(11)38-47(6)32-43(2)33-48(7)39-52)23(29)26(22(24)28)17-20-53(12)40-49(8)34-44(3)35-50(9)41-53/h42-50H,13-20H2,1-12H3. The molecule has 6 unspecified atom stereocenters. The third-order valence-corrected chi connectivity index (χ3v) is 51.0. The van der Waals surface area contributed by atoms with Crippen LogP contribution < -0.4 is 17.1 Å². The maximum absolute atomic E-state index is 14.1. The first kappa shape index (κ1) is 46.2. The fraction of sp³-hybridized carbons (Fsp3) is 0.870. The van der Waals surface area contributed by atoms with Gasteiger partial charge in [0.05, 0.1) is 0 Å². The van der Waals surface area contributed by atoms with Crippen molar-refractivity contribution in [1.29, 1.82) is 0 Å². The summed E-state index contributed by atoms with van der Waals surface area (Å²) in [6.45, 7) is 23.9. The van der Waals surface area contributed by atoms with Crippen molar-refractivity contribution in [2.75, 3.05) is 0 Å². The zero-order chi connectivity index (χ0) is 39.3. The van der Waals surface area contributed by atoms with E-state index in [1.165, 1.54) is 9.13 Å². The molecule has 30 heteroatoms. The van der Waals surface area contributed by atoms with Crippen LogP contribution in [0.25, 0.3) is 0 Å². The molecule has 4 rings (SSSR count). The third-order valence-electron chi connectivity index (χ3n) is 8.99. The van der Waals surface area contributed by atoms with Gasteiger partial charge in [-0.15, -0.1) is 0 Å². The van der Waals surface area contributed by atoms with Crippen molar-refractivity contribution in [2.45, 2.75) is 129 Å². The summed E-state index contributed by atoms with van der Waals surface area (Å²) < 4.78 is 78.5. The Balaban J connectivity index is 1.60. The Hall–Kier alpha value is 0.533. The molecule has 0 amide bonds. The van der Waals surface area contributed by atoms with Gasteiger partial charge in [0.1, 0.15) is 0 Å². The molecule has 0 saturated carbocycles. The summed E-state index contributed by atoms with van der Waals surface area (Å²) in [6, 6.07) is 1.38. The van der Waals surface area contributed by atoms with Crippen molar-refractivity contribution in [3.05, 3.63) is 31.5 Å². The Labute approximate surface area is 331 Å². The monoisotopic (exact) mass is 955 g/mol. The van der Waals surface area contributed by atoms with Crippen molar-refractivity contribution < 1.29 is 49.4 Å². The molecule has 0 spiro atoms. The van der Waals surface area contributed by atoms with Crippen LogP contribution in [0, 0.1) is 0 Å². The summed E-state index contributed by atoms with van der Waals surface area (Å²) in [5, 5.41) is 0. The van der Waals surface area contributed by atoms with Crippen LogP contribution in [0.3, 0.4) is 0 Å². The molecule has 18 nitrogen and oxygen atoms in total. The van der Waals surface area contributed by atoms with Gasteiger partial charge in [0.15, 0.2) is 0 Å². The van der Waals surface area contributed by atoms with E-state index in [1.807, 2.05) is 78.6 Å². The third kappa shape index (κ3) is 13.8. The van der Waals surface area contributed by atoms with Gasteiger partial charge in [-0.05, 0) is 103 Å². The lowest BCUT2D eigenvalue weighted by Gasteiger charge is -2.37. The maximum atomic E-state index is 14.1. The number of nitrogens with zero attached hydrogens (tertiary/aromatic N) is 3. The Kier molecular flexibility index (Phi) is 17.4. The van der Waals surface area contributed by atoms with Gasteiger partial charge >= 0.3 is 42.8 Å². The van der Waals surface area contributed by atoms with Gasteiger partial charge in [0.25, 0.3) is 83.6 Å². The van der Waals surface area contributed by atoms with Gasteiger partial charge < -0.3 is 49.4 Å². The SMILES string of the molecule is C[SiH]1O[SiH](C)O[Si](C)(CCCn2c(=O)n(CCC[Si]3(C)O[SiH](C)O[SiH](C)O[SiH](C)O3)c(=O)n(CC[Si]3(C)O[SiH](C)O[SiH](C)O[SiH](C)O3)c2=O)O[SiH](C)O1. The van der Waals surface area contributed by atoms with Crippen LogP contribution in [0.1, 0.15) is 12.8 Å². The second kappa shape index (κ2) is 20.0. The fourth-order valence-electron chi connectivity index (χ4n) is 7.11. The number of hydrogen-bond acceptors (Lipinski definition) is 15. The molecule has 0 aliphatic carbocycles. The van der Waals surface area contributed by atoms with Crippen molar-refractivity contribution in [1.82, 2.24) is 13.7 Å². The van der Waals surface area contributed by atoms with E-state index in [4.69, 9.17) is 49.4 Å². The lowest BCUT2D eigenvalue weighted by atomic mass is 10.4. The molecule has 1 aromatic rings.